The zero-order valence-electron chi connectivity index (χ0n) is 10.9. The molecule has 1 aromatic heterocycles. The van der Waals surface area contributed by atoms with Crippen LogP contribution < -0.4 is 9.47 Å². The van der Waals surface area contributed by atoms with Gasteiger partial charge in [-0.25, -0.2) is 4.98 Å². The number of carbonyl (C=O) groups excluding carboxylic acids is 2. The number of carbonyl (C=O) groups is 2. The summed E-state index contributed by atoms with van der Waals surface area (Å²) in [6.07, 6.45) is 0.277. The molecule has 0 N–H and O–H groups in total. The van der Waals surface area contributed by atoms with Crippen LogP contribution in [0.2, 0.25) is 4.47 Å². The highest BCUT2D eigenvalue weighted by atomic mass is 35.5. The van der Waals surface area contributed by atoms with Crippen LogP contribution >= 0.6 is 22.9 Å². The molecular formula is C13H10ClNO5S. The lowest BCUT2D eigenvalue weighted by molar-refractivity contribution is -0.144. The highest BCUT2D eigenvalue weighted by Crippen LogP contribution is 2.44. The van der Waals surface area contributed by atoms with Crippen LogP contribution in [0.1, 0.15) is 17.3 Å². The molecule has 6 nitrogen and oxygen atoms in total. The van der Waals surface area contributed by atoms with E-state index in [9.17, 15) is 9.59 Å². The average molecular weight is 328 g/mol. The van der Waals surface area contributed by atoms with Gasteiger partial charge >= 0.3 is 5.97 Å². The summed E-state index contributed by atoms with van der Waals surface area (Å²) in [4.78, 5) is 26.1. The predicted octanol–water partition coefficient (Wildman–Crippen LogP) is 2.47. The van der Waals surface area contributed by atoms with Gasteiger partial charge in [0.05, 0.1) is 5.52 Å². The minimum Gasteiger partial charge on any atom is -0.484 e. The van der Waals surface area contributed by atoms with E-state index < -0.39 is 6.10 Å². The SMILES string of the molecule is CC(=O)OC[C@H]1COc2c(cc(C=O)c3nc(Cl)sc23)O1. The average Bonchev–Trinajstić information content (AvgIpc) is 2.85. The van der Waals surface area contributed by atoms with Gasteiger partial charge < -0.3 is 14.2 Å². The Hall–Kier alpha value is -1.86. The number of nitrogens with zero attached hydrogens (tertiary/aromatic N) is 1. The summed E-state index contributed by atoms with van der Waals surface area (Å²) in [7, 11) is 0. The monoisotopic (exact) mass is 327 g/mol. The van der Waals surface area contributed by atoms with Gasteiger partial charge in [-0.3, -0.25) is 9.59 Å². The maximum Gasteiger partial charge on any atom is 0.302 e. The molecule has 0 saturated carbocycles. The van der Waals surface area contributed by atoms with Crippen LogP contribution in [0.25, 0.3) is 10.2 Å². The number of halogens is 1. The van der Waals surface area contributed by atoms with Crippen LogP contribution in [-0.2, 0) is 9.53 Å². The summed E-state index contributed by atoms with van der Waals surface area (Å²) in [5, 5.41) is 0. The number of thiazole rings is 1. The molecule has 0 saturated heterocycles. The molecule has 2 aromatic rings. The van der Waals surface area contributed by atoms with Crippen molar-refractivity contribution in [3.05, 3.63) is 16.1 Å². The Morgan fingerprint density at radius 1 is 1.67 bits per heavy atom. The predicted molar refractivity (Wildman–Crippen MR) is 76.6 cm³/mol. The number of esters is 1. The fraction of sp³-hybridized carbons (Fsp3) is 0.308. The van der Waals surface area contributed by atoms with Gasteiger partial charge in [0.1, 0.15) is 17.9 Å². The smallest absolute Gasteiger partial charge is 0.302 e. The summed E-state index contributed by atoms with van der Waals surface area (Å²) in [5.41, 5.74) is 0.879. The molecule has 0 unspecified atom stereocenters. The van der Waals surface area contributed by atoms with Gasteiger partial charge in [-0.1, -0.05) is 22.9 Å². The van der Waals surface area contributed by atoms with Crippen molar-refractivity contribution >= 4 is 45.4 Å². The van der Waals surface area contributed by atoms with Crippen LogP contribution in [0.3, 0.4) is 0 Å². The van der Waals surface area contributed by atoms with Gasteiger partial charge in [-0.05, 0) is 6.07 Å². The molecule has 1 atom stereocenters. The molecule has 0 amide bonds. The Balaban J connectivity index is 1.96. The number of hydrogen-bond acceptors (Lipinski definition) is 7. The Bertz CT molecular complexity index is 729. The summed E-state index contributed by atoms with van der Waals surface area (Å²) in [6, 6.07) is 1.56. The van der Waals surface area contributed by atoms with Crippen molar-refractivity contribution in [1.29, 1.82) is 0 Å². The maximum atomic E-state index is 11.2. The van der Waals surface area contributed by atoms with Crippen LogP contribution in [-0.4, -0.2) is 36.6 Å². The van der Waals surface area contributed by atoms with Gasteiger partial charge in [0.2, 0.25) is 0 Å². The van der Waals surface area contributed by atoms with E-state index in [0.717, 1.165) is 0 Å². The molecule has 1 aliphatic heterocycles. The third kappa shape index (κ3) is 2.66. The first-order valence-electron chi connectivity index (χ1n) is 6.09. The number of rotatable bonds is 3. The molecule has 0 spiro atoms. The third-order valence-electron chi connectivity index (χ3n) is 2.90. The van der Waals surface area contributed by atoms with E-state index in [-0.39, 0.29) is 19.2 Å². The standard InChI is InChI=1S/C13H10ClNO5S/c1-6(17)18-4-8-5-19-11-9(20-8)2-7(3-16)10-12(11)21-13(14)15-10/h2-3,8H,4-5H2,1H3/t8-/m0/s1. The number of benzene rings is 1. The lowest BCUT2D eigenvalue weighted by Crippen LogP contribution is -2.34. The number of hydrogen-bond donors (Lipinski definition) is 0. The van der Waals surface area contributed by atoms with Crippen molar-refractivity contribution in [2.75, 3.05) is 13.2 Å². The second-order valence-corrected chi connectivity index (χ2v) is 5.99. The number of aromatic nitrogens is 1. The molecule has 0 bridgehead atoms. The van der Waals surface area contributed by atoms with Gasteiger partial charge in [0.15, 0.2) is 28.4 Å². The first-order chi connectivity index (χ1) is 10.1. The maximum absolute atomic E-state index is 11.2. The third-order valence-corrected chi connectivity index (χ3v) is 4.06. The zero-order valence-corrected chi connectivity index (χ0v) is 12.5. The van der Waals surface area contributed by atoms with E-state index in [4.69, 9.17) is 25.8 Å². The van der Waals surface area contributed by atoms with Crippen LogP contribution in [0, 0.1) is 0 Å². The van der Waals surface area contributed by atoms with Gasteiger partial charge in [-0.15, -0.1) is 0 Å². The molecule has 3 rings (SSSR count). The molecule has 1 aliphatic rings. The van der Waals surface area contributed by atoms with Gasteiger partial charge in [-0.2, -0.15) is 0 Å². The molecule has 0 aliphatic carbocycles. The van der Waals surface area contributed by atoms with E-state index in [2.05, 4.69) is 4.98 Å². The summed E-state index contributed by atoms with van der Waals surface area (Å²) < 4.78 is 17.3. The first-order valence-corrected chi connectivity index (χ1v) is 7.29. The highest BCUT2D eigenvalue weighted by molar-refractivity contribution is 7.22. The Labute approximate surface area is 128 Å². The molecule has 21 heavy (non-hydrogen) atoms. The Morgan fingerprint density at radius 2 is 2.48 bits per heavy atom. The lowest BCUT2D eigenvalue weighted by Gasteiger charge is -2.26. The quantitative estimate of drug-likeness (QED) is 0.637. The summed E-state index contributed by atoms with van der Waals surface area (Å²) >= 11 is 7.13. The molecule has 2 heterocycles. The van der Waals surface area contributed by atoms with Crippen molar-refractivity contribution in [2.24, 2.45) is 0 Å². The molecular weight excluding hydrogens is 318 g/mol. The minimum atomic E-state index is -0.415. The van der Waals surface area contributed by atoms with E-state index >= 15 is 0 Å². The summed E-state index contributed by atoms with van der Waals surface area (Å²) in [5.74, 6) is 0.551. The molecule has 1 aromatic carbocycles. The molecule has 8 heteroatoms. The van der Waals surface area contributed by atoms with Crippen LogP contribution in [0.5, 0.6) is 11.5 Å². The second-order valence-electron chi connectivity index (χ2n) is 4.41. The summed E-state index contributed by atoms with van der Waals surface area (Å²) in [6.45, 7) is 1.66. The van der Waals surface area contributed by atoms with Crippen molar-refractivity contribution < 1.29 is 23.8 Å². The van der Waals surface area contributed by atoms with Crippen molar-refractivity contribution in [1.82, 2.24) is 4.98 Å². The van der Waals surface area contributed by atoms with E-state index in [0.29, 0.717) is 38.0 Å². The van der Waals surface area contributed by atoms with E-state index in [1.165, 1.54) is 18.3 Å². The van der Waals surface area contributed by atoms with Crippen molar-refractivity contribution in [3.8, 4) is 11.5 Å². The molecule has 0 radical (unpaired) electrons. The Morgan fingerprint density at radius 3 is 3.19 bits per heavy atom. The number of ether oxygens (including phenoxy) is 3. The number of aldehydes is 1. The fourth-order valence-electron chi connectivity index (χ4n) is 2.03. The first kappa shape index (κ1) is 14.1. The molecule has 0 fully saturated rings. The van der Waals surface area contributed by atoms with Gasteiger partial charge in [0, 0.05) is 12.5 Å². The second kappa shape index (κ2) is 5.50. The van der Waals surface area contributed by atoms with Crippen LogP contribution in [0.15, 0.2) is 6.07 Å². The number of fused-ring (bicyclic) bond motifs is 3. The van der Waals surface area contributed by atoms with E-state index in [1.54, 1.807) is 6.07 Å². The van der Waals surface area contributed by atoms with Gasteiger partial charge in [0.25, 0.3) is 0 Å². The fourth-order valence-corrected chi connectivity index (χ4v) is 3.16. The zero-order chi connectivity index (χ0) is 15.0. The largest absolute Gasteiger partial charge is 0.484 e. The van der Waals surface area contributed by atoms with Crippen LogP contribution in [0.4, 0.5) is 0 Å². The van der Waals surface area contributed by atoms with Crippen molar-refractivity contribution in [2.45, 2.75) is 13.0 Å². The highest BCUT2D eigenvalue weighted by Gasteiger charge is 2.27. The lowest BCUT2D eigenvalue weighted by atomic mass is 10.1. The Kier molecular flexibility index (Phi) is 3.69. The molecule has 110 valence electrons. The minimum absolute atomic E-state index is 0.0900. The normalized spacial score (nSPS) is 16.8. The topological polar surface area (TPSA) is 74.7 Å². The van der Waals surface area contributed by atoms with E-state index in [1.807, 2.05) is 0 Å². The van der Waals surface area contributed by atoms with Crippen molar-refractivity contribution in [3.63, 3.8) is 0 Å².